The Balaban J connectivity index is 2.12. The van der Waals surface area contributed by atoms with E-state index < -0.39 is 11.7 Å². The summed E-state index contributed by atoms with van der Waals surface area (Å²) in [6, 6.07) is 5.79. The van der Waals surface area contributed by atoms with Crippen LogP contribution in [-0.4, -0.2) is 24.2 Å². The molecule has 2 rings (SSSR count). The van der Waals surface area contributed by atoms with E-state index in [0.717, 1.165) is 10.9 Å². The van der Waals surface area contributed by atoms with Gasteiger partial charge in [0.15, 0.2) is 0 Å². The molecule has 0 aliphatic carbocycles. The zero-order chi connectivity index (χ0) is 17.2. The standard InChI is InChI=1S/C17H22N2O4/c1-10-7-15(20)23-14-8-11(5-6-12(10)14)19-16(21)13(18)9-22-17(2,3)4/h5-8,13H,9,18H2,1-4H3,(H,19,21). The quantitative estimate of drug-likeness (QED) is 0.843. The maximum atomic E-state index is 12.1. The van der Waals surface area contributed by atoms with Gasteiger partial charge < -0.3 is 20.2 Å². The van der Waals surface area contributed by atoms with Crippen LogP contribution in [0.5, 0.6) is 0 Å². The van der Waals surface area contributed by atoms with Crippen LogP contribution in [-0.2, 0) is 9.53 Å². The van der Waals surface area contributed by atoms with E-state index in [0.29, 0.717) is 11.3 Å². The van der Waals surface area contributed by atoms with Crippen molar-refractivity contribution in [2.45, 2.75) is 39.3 Å². The third-order valence-electron chi connectivity index (χ3n) is 3.25. The van der Waals surface area contributed by atoms with Gasteiger partial charge in [-0.05, 0) is 45.4 Å². The first-order valence-corrected chi connectivity index (χ1v) is 7.40. The Bertz CT molecular complexity index is 774. The van der Waals surface area contributed by atoms with Crippen molar-refractivity contribution < 1.29 is 13.9 Å². The molecule has 0 spiro atoms. The molecule has 1 amide bonds. The van der Waals surface area contributed by atoms with Crippen LogP contribution < -0.4 is 16.7 Å². The minimum Gasteiger partial charge on any atom is -0.423 e. The van der Waals surface area contributed by atoms with Crippen LogP contribution in [0, 0.1) is 6.92 Å². The van der Waals surface area contributed by atoms with Gasteiger partial charge in [-0.15, -0.1) is 0 Å². The molecule has 6 nitrogen and oxygen atoms in total. The van der Waals surface area contributed by atoms with E-state index in [9.17, 15) is 9.59 Å². The first kappa shape index (κ1) is 17.2. The fourth-order valence-electron chi connectivity index (χ4n) is 2.05. The van der Waals surface area contributed by atoms with Crippen molar-refractivity contribution >= 4 is 22.6 Å². The highest BCUT2D eigenvalue weighted by atomic mass is 16.5. The van der Waals surface area contributed by atoms with E-state index in [4.69, 9.17) is 14.9 Å². The fraction of sp³-hybridized carbons (Fsp3) is 0.412. The number of aryl methyl sites for hydroxylation is 1. The highest BCUT2D eigenvalue weighted by Gasteiger charge is 2.18. The third kappa shape index (κ3) is 4.64. The van der Waals surface area contributed by atoms with E-state index in [1.807, 2.05) is 27.7 Å². The van der Waals surface area contributed by atoms with Crippen molar-refractivity contribution in [3.63, 3.8) is 0 Å². The van der Waals surface area contributed by atoms with E-state index in [-0.39, 0.29) is 18.1 Å². The van der Waals surface area contributed by atoms with Gasteiger partial charge in [0.25, 0.3) is 0 Å². The van der Waals surface area contributed by atoms with Gasteiger partial charge in [0.1, 0.15) is 11.6 Å². The van der Waals surface area contributed by atoms with Crippen LogP contribution in [0.1, 0.15) is 26.3 Å². The van der Waals surface area contributed by atoms with Crippen LogP contribution in [0.4, 0.5) is 5.69 Å². The highest BCUT2D eigenvalue weighted by molar-refractivity contribution is 5.96. The van der Waals surface area contributed by atoms with E-state index in [1.165, 1.54) is 6.07 Å². The van der Waals surface area contributed by atoms with Gasteiger partial charge in [-0.1, -0.05) is 0 Å². The van der Waals surface area contributed by atoms with Gasteiger partial charge in [-0.2, -0.15) is 0 Å². The van der Waals surface area contributed by atoms with Crippen molar-refractivity contribution in [1.82, 2.24) is 0 Å². The second-order valence-corrected chi connectivity index (χ2v) is 6.48. The van der Waals surface area contributed by atoms with Crippen LogP contribution in [0.3, 0.4) is 0 Å². The molecule has 1 aromatic heterocycles. The number of hydrogen-bond donors (Lipinski definition) is 2. The molecule has 124 valence electrons. The van der Waals surface area contributed by atoms with Gasteiger partial charge in [0.05, 0.1) is 12.2 Å². The number of carbonyl (C=O) groups is 1. The lowest BCUT2D eigenvalue weighted by Crippen LogP contribution is -2.41. The first-order valence-electron chi connectivity index (χ1n) is 7.40. The molecule has 0 saturated carbocycles. The van der Waals surface area contributed by atoms with Gasteiger partial charge in [-0.3, -0.25) is 4.79 Å². The summed E-state index contributed by atoms with van der Waals surface area (Å²) in [6.45, 7) is 7.64. The van der Waals surface area contributed by atoms with Gasteiger partial charge >= 0.3 is 5.63 Å². The minimum absolute atomic E-state index is 0.122. The van der Waals surface area contributed by atoms with E-state index >= 15 is 0 Å². The number of nitrogens with two attached hydrogens (primary N) is 1. The summed E-state index contributed by atoms with van der Waals surface area (Å²) in [5.41, 5.74) is 6.80. The molecule has 1 heterocycles. The lowest BCUT2D eigenvalue weighted by atomic mass is 10.1. The second-order valence-electron chi connectivity index (χ2n) is 6.48. The number of carbonyl (C=O) groups excluding carboxylic acids is 1. The first-order chi connectivity index (χ1) is 10.7. The van der Waals surface area contributed by atoms with Crippen molar-refractivity contribution in [2.24, 2.45) is 5.73 Å². The molecule has 0 fully saturated rings. The number of amides is 1. The maximum Gasteiger partial charge on any atom is 0.336 e. The van der Waals surface area contributed by atoms with Gasteiger partial charge in [-0.25, -0.2) is 4.79 Å². The van der Waals surface area contributed by atoms with Gasteiger partial charge in [0, 0.05) is 23.2 Å². The molecular formula is C17H22N2O4. The summed E-state index contributed by atoms with van der Waals surface area (Å²) < 4.78 is 10.7. The molecule has 0 aliphatic rings. The molecule has 3 N–H and O–H groups in total. The molecule has 0 saturated heterocycles. The molecule has 2 aromatic rings. The normalized spacial score (nSPS) is 13.1. The number of fused-ring (bicyclic) bond motifs is 1. The Morgan fingerprint density at radius 1 is 1.35 bits per heavy atom. The van der Waals surface area contributed by atoms with E-state index in [1.54, 1.807) is 18.2 Å². The fourth-order valence-corrected chi connectivity index (χ4v) is 2.05. The Labute approximate surface area is 134 Å². The number of hydrogen-bond acceptors (Lipinski definition) is 5. The lowest BCUT2D eigenvalue weighted by molar-refractivity contribution is -0.120. The summed E-state index contributed by atoms with van der Waals surface area (Å²) >= 11 is 0. The van der Waals surface area contributed by atoms with Gasteiger partial charge in [0.2, 0.25) is 5.91 Å². The maximum absolute atomic E-state index is 12.1. The number of nitrogens with one attached hydrogen (secondary N) is 1. The molecule has 0 bridgehead atoms. The van der Waals surface area contributed by atoms with Crippen molar-refractivity contribution in [1.29, 1.82) is 0 Å². The van der Waals surface area contributed by atoms with Crippen LogP contribution in [0.15, 0.2) is 33.5 Å². The predicted molar refractivity (Wildman–Crippen MR) is 89.5 cm³/mol. The highest BCUT2D eigenvalue weighted by Crippen LogP contribution is 2.20. The zero-order valence-electron chi connectivity index (χ0n) is 13.8. The number of benzene rings is 1. The second kappa shape index (κ2) is 6.52. The largest absolute Gasteiger partial charge is 0.423 e. The molecule has 1 unspecified atom stereocenters. The smallest absolute Gasteiger partial charge is 0.336 e. The number of ether oxygens (including phenoxy) is 1. The van der Waals surface area contributed by atoms with Crippen molar-refractivity contribution in [3.8, 4) is 0 Å². The summed E-state index contributed by atoms with van der Waals surface area (Å²) in [4.78, 5) is 23.5. The topological polar surface area (TPSA) is 94.6 Å². The summed E-state index contributed by atoms with van der Waals surface area (Å²) in [5.74, 6) is -0.358. The molecule has 1 aromatic carbocycles. The molecule has 0 radical (unpaired) electrons. The predicted octanol–water partition coefficient (Wildman–Crippen LogP) is 2.18. The Hall–Kier alpha value is -2.18. The molecule has 6 heteroatoms. The monoisotopic (exact) mass is 318 g/mol. The van der Waals surface area contributed by atoms with Crippen molar-refractivity contribution in [3.05, 3.63) is 40.2 Å². The van der Waals surface area contributed by atoms with E-state index in [2.05, 4.69) is 5.32 Å². The van der Waals surface area contributed by atoms with Crippen LogP contribution >= 0.6 is 0 Å². The number of rotatable bonds is 4. The molecule has 0 aliphatic heterocycles. The average Bonchev–Trinajstić information content (AvgIpc) is 2.43. The zero-order valence-corrected chi connectivity index (χ0v) is 13.8. The summed E-state index contributed by atoms with van der Waals surface area (Å²) in [5, 5.41) is 3.53. The molecular weight excluding hydrogens is 296 g/mol. The van der Waals surface area contributed by atoms with Crippen LogP contribution in [0.2, 0.25) is 0 Å². The Kier molecular flexibility index (Phi) is 4.87. The lowest BCUT2D eigenvalue weighted by Gasteiger charge is -2.22. The third-order valence-corrected chi connectivity index (χ3v) is 3.25. The summed E-state index contributed by atoms with van der Waals surface area (Å²) in [7, 11) is 0. The average molecular weight is 318 g/mol. The Morgan fingerprint density at radius 3 is 2.70 bits per heavy atom. The SMILES string of the molecule is Cc1cc(=O)oc2cc(NC(=O)C(N)COC(C)(C)C)ccc12. The minimum atomic E-state index is -0.783. The number of anilines is 1. The van der Waals surface area contributed by atoms with Crippen molar-refractivity contribution in [2.75, 3.05) is 11.9 Å². The van der Waals surface area contributed by atoms with Crippen LogP contribution in [0.25, 0.3) is 11.0 Å². The summed E-state index contributed by atoms with van der Waals surface area (Å²) in [6.07, 6.45) is 0. The Morgan fingerprint density at radius 2 is 2.04 bits per heavy atom. The molecule has 23 heavy (non-hydrogen) atoms. The molecule has 1 atom stereocenters.